The first kappa shape index (κ1) is 18.0. The van der Waals surface area contributed by atoms with Gasteiger partial charge in [0, 0.05) is 32.3 Å². The van der Waals surface area contributed by atoms with Crippen LogP contribution in [0.5, 0.6) is 5.75 Å². The maximum Gasteiger partial charge on any atom is 0.119 e. The maximum atomic E-state index is 6.40. The highest BCUT2D eigenvalue weighted by Gasteiger charge is 2.18. The summed E-state index contributed by atoms with van der Waals surface area (Å²) in [5.41, 5.74) is 7.51. The van der Waals surface area contributed by atoms with Crippen LogP contribution in [0.1, 0.15) is 38.3 Å². The van der Waals surface area contributed by atoms with Gasteiger partial charge in [-0.2, -0.15) is 0 Å². The van der Waals surface area contributed by atoms with Crippen LogP contribution in [0, 0.1) is 0 Å². The molecule has 0 saturated carbocycles. The van der Waals surface area contributed by atoms with E-state index >= 15 is 0 Å². The molecule has 0 aliphatic heterocycles. The summed E-state index contributed by atoms with van der Waals surface area (Å²) in [5, 5.41) is 0. The van der Waals surface area contributed by atoms with Crippen molar-refractivity contribution < 1.29 is 9.47 Å². The minimum atomic E-state index is -0.0162. The minimum Gasteiger partial charge on any atom is -0.497 e. The van der Waals surface area contributed by atoms with Crippen LogP contribution >= 0.6 is 0 Å². The van der Waals surface area contributed by atoms with Gasteiger partial charge in [0.15, 0.2) is 0 Å². The summed E-state index contributed by atoms with van der Waals surface area (Å²) < 4.78 is 10.5. The van der Waals surface area contributed by atoms with E-state index in [0.717, 1.165) is 43.9 Å². The zero-order valence-corrected chi connectivity index (χ0v) is 13.8. The summed E-state index contributed by atoms with van der Waals surface area (Å²) in [6.07, 6.45) is 2.26. The van der Waals surface area contributed by atoms with E-state index in [2.05, 4.69) is 24.8 Å². The quantitative estimate of drug-likeness (QED) is 0.721. The van der Waals surface area contributed by atoms with Gasteiger partial charge in [0.25, 0.3) is 0 Å². The fraction of sp³-hybridized carbons (Fsp3) is 0.647. The van der Waals surface area contributed by atoms with Crippen molar-refractivity contribution in [2.24, 2.45) is 5.73 Å². The van der Waals surface area contributed by atoms with Gasteiger partial charge in [-0.15, -0.1) is 0 Å². The average molecular weight is 294 g/mol. The standard InChI is InChI=1S/C17H30N2O2/c1-5-15(6-2)19(10-11-20-3)13-17(18)14-8-7-9-16(12-14)21-4/h7-9,12,15,17H,5-6,10-11,13,18H2,1-4H3. The summed E-state index contributed by atoms with van der Waals surface area (Å²) >= 11 is 0. The first-order valence-electron chi connectivity index (χ1n) is 7.78. The Kier molecular flexibility index (Phi) is 8.35. The summed E-state index contributed by atoms with van der Waals surface area (Å²) in [4.78, 5) is 2.44. The molecule has 0 fully saturated rings. The van der Waals surface area contributed by atoms with Crippen molar-refractivity contribution in [2.45, 2.75) is 38.8 Å². The smallest absolute Gasteiger partial charge is 0.119 e. The van der Waals surface area contributed by atoms with Crippen LogP contribution in [0.2, 0.25) is 0 Å². The molecule has 1 atom stereocenters. The van der Waals surface area contributed by atoms with Crippen molar-refractivity contribution in [3.8, 4) is 5.75 Å². The molecule has 1 unspecified atom stereocenters. The lowest BCUT2D eigenvalue weighted by atomic mass is 10.0. The van der Waals surface area contributed by atoms with Crippen molar-refractivity contribution in [3.05, 3.63) is 29.8 Å². The molecule has 21 heavy (non-hydrogen) atoms. The highest BCUT2D eigenvalue weighted by atomic mass is 16.5. The van der Waals surface area contributed by atoms with Gasteiger partial charge in [-0.25, -0.2) is 0 Å². The fourth-order valence-corrected chi connectivity index (χ4v) is 2.67. The summed E-state index contributed by atoms with van der Waals surface area (Å²) in [6.45, 7) is 6.95. The number of ether oxygens (including phenoxy) is 2. The van der Waals surface area contributed by atoms with Gasteiger partial charge in [-0.1, -0.05) is 26.0 Å². The molecule has 0 aliphatic rings. The maximum absolute atomic E-state index is 6.40. The van der Waals surface area contributed by atoms with Crippen LogP contribution in [-0.4, -0.2) is 44.9 Å². The predicted octanol–water partition coefficient (Wildman–Crippen LogP) is 2.83. The molecule has 0 saturated heterocycles. The normalized spacial score (nSPS) is 12.9. The third kappa shape index (κ3) is 5.65. The van der Waals surface area contributed by atoms with Crippen molar-refractivity contribution in [3.63, 3.8) is 0 Å². The molecule has 1 aromatic carbocycles. The largest absolute Gasteiger partial charge is 0.497 e. The second-order valence-corrected chi connectivity index (χ2v) is 5.34. The lowest BCUT2D eigenvalue weighted by Crippen LogP contribution is -2.41. The highest BCUT2D eigenvalue weighted by molar-refractivity contribution is 5.30. The van der Waals surface area contributed by atoms with E-state index in [4.69, 9.17) is 15.2 Å². The third-order valence-corrected chi connectivity index (χ3v) is 3.99. The second kappa shape index (κ2) is 9.77. The lowest BCUT2D eigenvalue weighted by molar-refractivity contribution is 0.110. The molecule has 1 rings (SSSR count). The fourth-order valence-electron chi connectivity index (χ4n) is 2.67. The Morgan fingerprint density at radius 3 is 2.48 bits per heavy atom. The molecule has 0 heterocycles. The number of rotatable bonds is 10. The Morgan fingerprint density at radius 1 is 1.19 bits per heavy atom. The first-order valence-corrected chi connectivity index (χ1v) is 7.78. The van der Waals surface area contributed by atoms with Gasteiger partial charge < -0.3 is 15.2 Å². The monoisotopic (exact) mass is 294 g/mol. The van der Waals surface area contributed by atoms with Crippen LogP contribution in [0.25, 0.3) is 0 Å². The topological polar surface area (TPSA) is 47.7 Å². The molecule has 0 aliphatic carbocycles. The summed E-state index contributed by atoms with van der Waals surface area (Å²) in [7, 11) is 3.42. The van der Waals surface area contributed by atoms with Gasteiger partial charge in [-0.3, -0.25) is 4.90 Å². The molecule has 0 bridgehead atoms. The molecule has 0 radical (unpaired) electrons. The molecule has 120 valence electrons. The molecule has 4 heteroatoms. The van der Waals surface area contributed by atoms with E-state index in [9.17, 15) is 0 Å². The number of hydrogen-bond acceptors (Lipinski definition) is 4. The lowest BCUT2D eigenvalue weighted by Gasteiger charge is -2.32. The Bertz CT molecular complexity index is 394. The Labute approximate surface area is 129 Å². The molecule has 4 nitrogen and oxygen atoms in total. The number of hydrogen-bond donors (Lipinski definition) is 1. The molecule has 0 amide bonds. The van der Waals surface area contributed by atoms with Crippen molar-refractivity contribution in [2.75, 3.05) is 33.9 Å². The highest BCUT2D eigenvalue weighted by Crippen LogP contribution is 2.20. The number of benzene rings is 1. The van der Waals surface area contributed by atoms with E-state index in [1.807, 2.05) is 18.2 Å². The Morgan fingerprint density at radius 2 is 1.90 bits per heavy atom. The molecule has 0 aromatic heterocycles. The molecule has 0 spiro atoms. The van der Waals surface area contributed by atoms with E-state index in [-0.39, 0.29) is 6.04 Å². The SMILES string of the molecule is CCC(CC)N(CCOC)CC(N)c1cccc(OC)c1. The van der Waals surface area contributed by atoms with Crippen LogP contribution in [0.3, 0.4) is 0 Å². The first-order chi connectivity index (χ1) is 10.2. The van der Waals surface area contributed by atoms with Gasteiger partial charge >= 0.3 is 0 Å². The van der Waals surface area contributed by atoms with E-state index in [1.165, 1.54) is 0 Å². The van der Waals surface area contributed by atoms with Gasteiger partial charge in [0.05, 0.1) is 13.7 Å². The number of nitrogens with two attached hydrogens (primary N) is 1. The van der Waals surface area contributed by atoms with E-state index < -0.39 is 0 Å². The summed E-state index contributed by atoms with van der Waals surface area (Å²) in [6, 6.07) is 8.56. The zero-order chi connectivity index (χ0) is 15.7. The van der Waals surface area contributed by atoms with Crippen molar-refractivity contribution >= 4 is 0 Å². The average Bonchev–Trinajstić information content (AvgIpc) is 2.53. The van der Waals surface area contributed by atoms with Crippen LogP contribution in [0.15, 0.2) is 24.3 Å². The zero-order valence-electron chi connectivity index (χ0n) is 13.8. The number of methoxy groups -OCH3 is 2. The summed E-state index contributed by atoms with van der Waals surface area (Å²) in [5.74, 6) is 0.855. The van der Waals surface area contributed by atoms with Crippen molar-refractivity contribution in [1.82, 2.24) is 4.90 Å². The van der Waals surface area contributed by atoms with Gasteiger partial charge in [0.1, 0.15) is 5.75 Å². The van der Waals surface area contributed by atoms with E-state index in [0.29, 0.717) is 6.04 Å². The van der Waals surface area contributed by atoms with Crippen LogP contribution in [0.4, 0.5) is 0 Å². The third-order valence-electron chi connectivity index (χ3n) is 3.99. The molecule has 1 aromatic rings. The van der Waals surface area contributed by atoms with E-state index in [1.54, 1.807) is 14.2 Å². The minimum absolute atomic E-state index is 0.0162. The van der Waals surface area contributed by atoms with Crippen LogP contribution in [-0.2, 0) is 4.74 Å². The van der Waals surface area contributed by atoms with Crippen LogP contribution < -0.4 is 10.5 Å². The van der Waals surface area contributed by atoms with Gasteiger partial charge in [-0.05, 0) is 30.5 Å². The molecular weight excluding hydrogens is 264 g/mol. The van der Waals surface area contributed by atoms with Gasteiger partial charge in [0.2, 0.25) is 0 Å². The van der Waals surface area contributed by atoms with Crippen molar-refractivity contribution in [1.29, 1.82) is 0 Å². The number of nitrogens with zero attached hydrogens (tertiary/aromatic N) is 1. The molecular formula is C17H30N2O2. The molecule has 2 N–H and O–H groups in total. The second-order valence-electron chi connectivity index (χ2n) is 5.34. The Balaban J connectivity index is 2.75. The Hall–Kier alpha value is -1.10. The predicted molar refractivity (Wildman–Crippen MR) is 87.7 cm³/mol.